The van der Waals surface area contributed by atoms with Crippen molar-refractivity contribution in [2.24, 2.45) is 0 Å². The summed E-state index contributed by atoms with van der Waals surface area (Å²) in [6.45, 7) is 5.27. The highest BCUT2D eigenvalue weighted by Crippen LogP contribution is 2.37. The number of ether oxygens (including phenoxy) is 1. The highest BCUT2D eigenvalue weighted by molar-refractivity contribution is 7.85. The van der Waals surface area contributed by atoms with Crippen LogP contribution >= 0.6 is 0 Å². The molecule has 0 radical (unpaired) electrons. The lowest BCUT2D eigenvalue weighted by molar-refractivity contribution is -0.138. The minimum absolute atomic E-state index is 0.0829. The van der Waals surface area contributed by atoms with Gasteiger partial charge in [-0.25, -0.2) is 4.98 Å². The van der Waals surface area contributed by atoms with E-state index in [0.717, 1.165) is 6.07 Å². The van der Waals surface area contributed by atoms with Crippen molar-refractivity contribution in [3.05, 3.63) is 41.1 Å². The number of alkyl halides is 3. The van der Waals surface area contributed by atoms with Gasteiger partial charge in [0.15, 0.2) is 17.3 Å². The second-order valence-corrected chi connectivity index (χ2v) is 10.6. The number of hydrogen-bond acceptors (Lipinski definition) is 8. The Bertz CT molecular complexity index is 1280. The van der Waals surface area contributed by atoms with Gasteiger partial charge in [0.25, 0.3) is 0 Å². The van der Waals surface area contributed by atoms with Crippen molar-refractivity contribution in [2.75, 3.05) is 66.8 Å². The minimum atomic E-state index is -4.52. The molecule has 0 bridgehead atoms. The largest absolute Gasteiger partial charge is 0.416 e. The molecule has 2 saturated heterocycles. The second-order valence-electron chi connectivity index (χ2n) is 8.92. The van der Waals surface area contributed by atoms with Gasteiger partial charge < -0.3 is 20.7 Å². The summed E-state index contributed by atoms with van der Waals surface area (Å²) in [6.07, 6.45) is -4.52. The Labute approximate surface area is 208 Å². The molecule has 2 fully saturated rings. The van der Waals surface area contributed by atoms with Crippen LogP contribution in [0.25, 0.3) is 5.65 Å². The minimum Gasteiger partial charge on any atom is -0.396 e. The predicted molar refractivity (Wildman–Crippen MR) is 133 cm³/mol. The molecular formula is C23H28F3N7O2S. The number of imidazole rings is 1. The first-order valence-corrected chi connectivity index (χ1v) is 13.2. The Kier molecular flexibility index (Phi) is 6.79. The molecule has 3 aromatic rings. The van der Waals surface area contributed by atoms with Gasteiger partial charge >= 0.3 is 6.18 Å². The molecule has 0 unspecified atom stereocenters. The predicted octanol–water partition coefficient (Wildman–Crippen LogP) is 2.78. The van der Waals surface area contributed by atoms with Gasteiger partial charge in [-0.1, -0.05) is 6.07 Å². The van der Waals surface area contributed by atoms with Crippen LogP contribution in [0, 0.1) is 6.92 Å². The molecule has 0 atom stereocenters. The Balaban J connectivity index is 1.55. The van der Waals surface area contributed by atoms with Gasteiger partial charge in [-0.15, -0.1) is 5.10 Å². The summed E-state index contributed by atoms with van der Waals surface area (Å²) >= 11 is 0. The molecular weight excluding hydrogens is 495 g/mol. The van der Waals surface area contributed by atoms with E-state index in [4.69, 9.17) is 15.6 Å². The Morgan fingerprint density at radius 1 is 1.17 bits per heavy atom. The number of rotatable bonds is 5. The monoisotopic (exact) mass is 523 g/mol. The van der Waals surface area contributed by atoms with Gasteiger partial charge in [0.2, 0.25) is 0 Å². The fourth-order valence-electron chi connectivity index (χ4n) is 4.55. The first kappa shape index (κ1) is 24.8. The Hall–Kier alpha value is -2.90. The van der Waals surface area contributed by atoms with Crippen molar-refractivity contribution in [2.45, 2.75) is 19.6 Å². The van der Waals surface area contributed by atoms with E-state index < -0.39 is 22.5 Å². The first-order chi connectivity index (χ1) is 17.2. The smallest absolute Gasteiger partial charge is 0.396 e. The molecule has 1 aromatic carbocycles. The molecule has 3 N–H and O–H groups in total. The number of halogens is 3. The molecule has 0 saturated carbocycles. The second kappa shape index (κ2) is 9.87. The lowest BCUT2D eigenvalue weighted by Gasteiger charge is -2.29. The fraction of sp³-hybridized carbons (Fsp3) is 0.478. The number of aryl methyl sites for hydroxylation is 1. The van der Waals surface area contributed by atoms with E-state index in [2.05, 4.69) is 15.2 Å². The average Bonchev–Trinajstić information content (AvgIpc) is 3.17. The number of morpholine rings is 1. The highest BCUT2D eigenvalue weighted by atomic mass is 32.2. The maximum atomic E-state index is 14.0. The van der Waals surface area contributed by atoms with E-state index >= 15 is 0 Å². The van der Waals surface area contributed by atoms with Gasteiger partial charge in [0.1, 0.15) is 0 Å². The normalized spacial score (nSPS) is 18.2. The van der Waals surface area contributed by atoms with Gasteiger partial charge in [-0.05, 0) is 19.1 Å². The number of hydrogen-bond donors (Lipinski definition) is 2. The van der Waals surface area contributed by atoms with Crippen molar-refractivity contribution >= 4 is 39.5 Å². The van der Waals surface area contributed by atoms with Crippen molar-refractivity contribution in [1.29, 1.82) is 0 Å². The zero-order valence-electron chi connectivity index (χ0n) is 19.8. The molecule has 2 aliphatic rings. The van der Waals surface area contributed by atoms with Crippen LogP contribution in [0.3, 0.4) is 0 Å². The summed E-state index contributed by atoms with van der Waals surface area (Å²) in [6, 6.07) is 5.86. The van der Waals surface area contributed by atoms with Gasteiger partial charge in [-0.3, -0.25) is 9.11 Å². The van der Waals surface area contributed by atoms with E-state index in [1.165, 1.54) is 6.07 Å². The number of nitrogens with one attached hydrogen (secondary N) is 1. The number of nitrogens with two attached hydrogens (primary N) is 1. The lowest BCUT2D eigenvalue weighted by atomic mass is 10.0. The van der Waals surface area contributed by atoms with E-state index in [0.29, 0.717) is 85.3 Å². The quantitative estimate of drug-likeness (QED) is 0.527. The molecule has 4 heterocycles. The van der Waals surface area contributed by atoms with E-state index in [-0.39, 0.29) is 12.1 Å². The zero-order valence-corrected chi connectivity index (χ0v) is 20.7. The summed E-state index contributed by atoms with van der Waals surface area (Å²) in [7, 11) is -0.922. The molecule has 0 aliphatic carbocycles. The van der Waals surface area contributed by atoms with Crippen LogP contribution in [0.4, 0.5) is 36.2 Å². The van der Waals surface area contributed by atoms with Crippen LogP contribution in [0.5, 0.6) is 0 Å². The molecule has 2 aromatic heterocycles. The summed E-state index contributed by atoms with van der Waals surface area (Å²) in [5.41, 5.74) is 7.46. The summed E-state index contributed by atoms with van der Waals surface area (Å²) < 4.78 is 60.8. The Morgan fingerprint density at radius 3 is 2.58 bits per heavy atom. The molecule has 0 amide bonds. The molecule has 36 heavy (non-hydrogen) atoms. The first-order valence-electron chi connectivity index (χ1n) is 11.7. The number of fused-ring (bicyclic) bond motifs is 1. The molecule has 5 rings (SSSR count). The lowest BCUT2D eigenvalue weighted by Crippen LogP contribution is -2.37. The van der Waals surface area contributed by atoms with Crippen LogP contribution in [0.1, 0.15) is 16.8 Å². The van der Waals surface area contributed by atoms with Gasteiger partial charge in [0.05, 0.1) is 30.2 Å². The highest BCUT2D eigenvalue weighted by Gasteiger charge is 2.35. The van der Waals surface area contributed by atoms with Crippen LogP contribution in [-0.2, 0) is 28.3 Å². The third-order valence-electron chi connectivity index (χ3n) is 6.50. The standard InChI is InChI=1S/C23H28F3N7O2S/c1-15-21(33-22(28-15)18(27)13-20(30-33)32-5-9-35-10-6-32)29-19-4-2-3-17(23(24,25)26)16(19)14-31-7-11-36(34)12-8-31/h2-4,13,29H,5-12,14,27H2,1H3. The third-order valence-corrected chi connectivity index (χ3v) is 7.77. The van der Waals surface area contributed by atoms with E-state index in [1.807, 2.05) is 4.90 Å². The Morgan fingerprint density at radius 2 is 1.89 bits per heavy atom. The topological polar surface area (TPSA) is 101 Å². The summed E-state index contributed by atoms with van der Waals surface area (Å²) in [5.74, 6) is 2.01. The molecule has 9 nitrogen and oxygen atoms in total. The van der Waals surface area contributed by atoms with Gasteiger partial charge in [0, 0.05) is 72.3 Å². The number of benzene rings is 1. The van der Waals surface area contributed by atoms with Crippen LogP contribution in [-0.4, -0.2) is 74.6 Å². The fourth-order valence-corrected chi connectivity index (χ4v) is 5.68. The number of aromatic nitrogens is 3. The molecule has 0 spiro atoms. The maximum Gasteiger partial charge on any atom is 0.416 e. The number of nitrogen functional groups attached to an aromatic ring is 1. The van der Waals surface area contributed by atoms with E-state index in [9.17, 15) is 17.4 Å². The maximum absolute atomic E-state index is 14.0. The van der Waals surface area contributed by atoms with Crippen LogP contribution in [0.2, 0.25) is 0 Å². The number of anilines is 4. The SMILES string of the molecule is Cc1nc2c(N)cc(N3CCOCC3)nn2c1Nc1cccc(C(F)(F)F)c1CN1CCS(=O)CC1. The van der Waals surface area contributed by atoms with Crippen molar-refractivity contribution in [1.82, 2.24) is 19.5 Å². The van der Waals surface area contributed by atoms with Crippen molar-refractivity contribution in [3.8, 4) is 0 Å². The summed E-state index contributed by atoms with van der Waals surface area (Å²) in [4.78, 5) is 8.48. The third kappa shape index (κ3) is 5.00. The van der Waals surface area contributed by atoms with Crippen LogP contribution < -0.4 is 16.0 Å². The molecule has 13 heteroatoms. The zero-order chi connectivity index (χ0) is 25.4. The van der Waals surface area contributed by atoms with Crippen molar-refractivity contribution in [3.63, 3.8) is 0 Å². The van der Waals surface area contributed by atoms with Crippen LogP contribution in [0.15, 0.2) is 24.3 Å². The molecule has 2 aliphatic heterocycles. The molecule has 194 valence electrons. The average molecular weight is 524 g/mol. The van der Waals surface area contributed by atoms with Crippen molar-refractivity contribution < 1.29 is 22.1 Å². The number of nitrogens with zero attached hydrogens (tertiary/aromatic N) is 5. The van der Waals surface area contributed by atoms with Gasteiger partial charge in [-0.2, -0.15) is 17.7 Å². The summed E-state index contributed by atoms with van der Waals surface area (Å²) in [5, 5.41) is 7.90. The van der Waals surface area contributed by atoms with E-state index in [1.54, 1.807) is 23.6 Å².